The van der Waals surface area contributed by atoms with Gasteiger partial charge in [-0.15, -0.1) is 0 Å². The zero-order chi connectivity index (χ0) is 14.7. The highest BCUT2D eigenvalue weighted by atomic mass is 15.2. The van der Waals surface area contributed by atoms with Crippen molar-refractivity contribution in [3.05, 3.63) is 0 Å². The van der Waals surface area contributed by atoms with Gasteiger partial charge in [-0.1, -0.05) is 54.4 Å². The van der Waals surface area contributed by atoms with Crippen LogP contribution in [0.4, 0.5) is 0 Å². The lowest BCUT2D eigenvalue weighted by atomic mass is 9.80. The highest BCUT2D eigenvalue weighted by molar-refractivity contribution is 4.98. The number of rotatable bonds is 12. The predicted molar refractivity (Wildman–Crippen MR) is 87.8 cm³/mol. The van der Waals surface area contributed by atoms with E-state index in [1.54, 1.807) is 0 Å². The minimum atomic E-state index is 0.341. The molecule has 2 heteroatoms. The van der Waals surface area contributed by atoms with Crippen LogP contribution in [0.15, 0.2) is 0 Å². The summed E-state index contributed by atoms with van der Waals surface area (Å²) in [5, 5.41) is 3.85. The number of hydrogen-bond acceptors (Lipinski definition) is 2. The van der Waals surface area contributed by atoms with Gasteiger partial charge in [0.25, 0.3) is 0 Å². The molecule has 0 saturated carbocycles. The molecule has 0 spiro atoms. The van der Waals surface area contributed by atoms with Crippen molar-refractivity contribution in [1.29, 1.82) is 0 Å². The van der Waals surface area contributed by atoms with Crippen LogP contribution < -0.4 is 5.32 Å². The SMILES string of the molecule is CCCCC(NCCC)C(CC)(CC)N(CC)CC. The Balaban J connectivity index is 5.08. The number of nitrogens with one attached hydrogen (secondary N) is 1. The normalized spacial score (nSPS) is 14.1. The first kappa shape index (κ1) is 18.9. The second kappa shape index (κ2) is 10.7. The summed E-state index contributed by atoms with van der Waals surface area (Å²) in [6, 6.07) is 0.641. The average Bonchev–Trinajstić information content (AvgIpc) is 2.45. The number of hydrogen-bond donors (Lipinski definition) is 1. The fourth-order valence-electron chi connectivity index (χ4n) is 3.55. The van der Waals surface area contributed by atoms with Crippen molar-refractivity contribution < 1.29 is 0 Å². The number of likely N-dealkylation sites (N-methyl/N-ethyl adjacent to an activating group) is 1. The van der Waals surface area contributed by atoms with Crippen molar-refractivity contribution in [1.82, 2.24) is 10.2 Å². The van der Waals surface area contributed by atoms with E-state index in [2.05, 4.69) is 51.8 Å². The third-order valence-electron chi connectivity index (χ3n) is 4.75. The summed E-state index contributed by atoms with van der Waals surface area (Å²) >= 11 is 0. The molecule has 1 unspecified atom stereocenters. The van der Waals surface area contributed by atoms with E-state index in [0.717, 1.165) is 19.6 Å². The van der Waals surface area contributed by atoms with E-state index in [-0.39, 0.29) is 0 Å². The van der Waals surface area contributed by atoms with Gasteiger partial charge in [0, 0.05) is 11.6 Å². The highest BCUT2D eigenvalue weighted by Gasteiger charge is 2.38. The Morgan fingerprint density at radius 3 is 1.84 bits per heavy atom. The zero-order valence-electron chi connectivity index (χ0n) is 14.4. The smallest absolute Gasteiger partial charge is 0.0357 e. The second-order valence-corrected chi connectivity index (χ2v) is 5.63. The summed E-state index contributed by atoms with van der Waals surface area (Å²) in [6.07, 6.45) is 7.67. The summed E-state index contributed by atoms with van der Waals surface area (Å²) in [4.78, 5) is 2.69. The molecule has 2 nitrogen and oxygen atoms in total. The fraction of sp³-hybridized carbons (Fsp3) is 1.00. The maximum Gasteiger partial charge on any atom is 0.0357 e. The topological polar surface area (TPSA) is 15.3 Å². The lowest BCUT2D eigenvalue weighted by Crippen LogP contribution is -2.61. The van der Waals surface area contributed by atoms with Crippen LogP contribution in [0, 0.1) is 0 Å². The maximum atomic E-state index is 3.85. The minimum Gasteiger partial charge on any atom is -0.312 e. The molecule has 0 saturated heterocycles. The van der Waals surface area contributed by atoms with E-state index < -0.39 is 0 Å². The summed E-state index contributed by atoms with van der Waals surface area (Å²) in [6.45, 7) is 17.4. The van der Waals surface area contributed by atoms with Gasteiger partial charge in [0.15, 0.2) is 0 Å². The van der Waals surface area contributed by atoms with E-state index >= 15 is 0 Å². The van der Waals surface area contributed by atoms with Crippen molar-refractivity contribution >= 4 is 0 Å². The first-order valence-electron chi connectivity index (χ1n) is 8.64. The molecule has 1 atom stereocenters. The largest absolute Gasteiger partial charge is 0.312 e. The predicted octanol–water partition coefficient (Wildman–Crippen LogP) is 4.45. The van der Waals surface area contributed by atoms with Crippen molar-refractivity contribution in [3.63, 3.8) is 0 Å². The molecule has 0 aromatic carbocycles. The Labute approximate surface area is 122 Å². The maximum absolute atomic E-state index is 3.85. The molecule has 0 aliphatic heterocycles. The van der Waals surface area contributed by atoms with Crippen LogP contribution in [-0.4, -0.2) is 36.1 Å². The molecule has 0 aliphatic rings. The Kier molecular flexibility index (Phi) is 10.6. The molecule has 116 valence electrons. The van der Waals surface area contributed by atoms with Crippen LogP contribution in [0.1, 0.15) is 80.1 Å². The molecule has 0 aromatic rings. The fourth-order valence-corrected chi connectivity index (χ4v) is 3.55. The Bertz CT molecular complexity index is 187. The summed E-state index contributed by atoms with van der Waals surface area (Å²) < 4.78 is 0. The van der Waals surface area contributed by atoms with E-state index in [9.17, 15) is 0 Å². The molecule has 0 bridgehead atoms. The van der Waals surface area contributed by atoms with Gasteiger partial charge in [-0.25, -0.2) is 0 Å². The van der Waals surface area contributed by atoms with E-state index in [1.165, 1.54) is 38.5 Å². The molecule has 0 radical (unpaired) electrons. The van der Waals surface area contributed by atoms with Crippen LogP contribution in [0.5, 0.6) is 0 Å². The van der Waals surface area contributed by atoms with Crippen molar-refractivity contribution in [2.24, 2.45) is 0 Å². The van der Waals surface area contributed by atoms with E-state index in [1.807, 2.05) is 0 Å². The standard InChI is InChI=1S/C17H38N2/c1-7-13-14-16(18-15-8-2)17(9-3,10-4)19(11-5)12-6/h16,18H,7-15H2,1-6H3. The zero-order valence-corrected chi connectivity index (χ0v) is 14.4. The molecular weight excluding hydrogens is 232 g/mol. The lowest BCUT2D eigenvalue weighted by molar-refractivity contribution is 0.0453. The summed E-state index contributed by atoms with van der Waals surface area (Å²) in [5.74, 6) is 0. The van der Waals surface area contributed by atoms with E-state index in [4.69, 9.17) is 0 Å². The minimum absolute atomic E-state index is 0.341. The quantitative estimate of drug-likeness (QED) is 0.564. The van der Waals surface area contributed by atoms with Gasteiger partial charge in [0.1, 0.15) is 0 Å². The third-order valence-corrected chi connectivity index (χ3v) is 4.75. The number of unbranched alkanes of at least 4 members (excludes halogenated alkanes) is 1. The van der Waals surface area contributed by atoms with Crippen LogP contribution in [-0.2, 0) is 0 Å². The molecule has 0 amide bonds. The first-order valence-corrected chi connectivity index (χ1v) is 8.64. The second-order valence-electron chi connectivity index (χ2n) is 5.63. The van der Waals surface area contributed by atoms with Crippen LogP contribution in [0.3, 0.4) is 0 Å². The molecule has 0 heterocycles. The Morgan fingerprint density at radius 1 is 0.895 bits per heavy atom. The van der Waals surface area contributed by atoms with Crippen LogP contribution in [0.2, 0.25) is 0 Å². The van der Waals surface area contributed by atoms with Gasteiger partial charge < -0.3 is 5.32 Å². The molecule has 1 N–H and O–H groups in total. The summed E-state index contributed by atoms with van der Waals surface area (Å²) in [5.41, 5.74) is 0.341. The summed E-state index contributed by atoms with van der Waals surface area (Å²) in [7, 11) is 0. The molecule has 0 aromatic heterocycles. The van der Waals surface area contributed by atoms with E-state index in [0.29, 0.717) is 11.6 Å². The molecule has 0 aliphatic carbocycles. The Hall–Kier alpha value is -0.0800. The van der Waals surface area contributed by atoms with Gasteiger partial charge in [0.05, 0.1) is 0 Å². The molecule has 19 heavy (non-hydrogen) atoms. The van der Waals surface area contributed by atoms with Gasteiger partial charge in [0.2, 0.25) is 0 Å². The molecular formula is C17H38N2. The van der Waals surface area contributed by atoms with Crippen molar-refractivity contribution in [3.8, 4) is 0 Å². The van der Waals surface area contributed by atoms with Gasteiger partial charge in [-0.3, -0.25) is 4.90 Å². The third kappa shape index (κ3) is 5.07. The van der Waals surface area contributed by atoms with Gasteiger partial charge in [-0.05, 0) is 45.3 Å². The van der Waals surface area contributed by atoms with Gasteiger partial charge in [-0.2, -0.15) is 0 Å². The lowest BCUT2D eigenvalue weighted by Gasteiger charge is -2.48. The molecule has 0 fully saturated rings. The van der Waals surface area contributed by atoms with Crippen LogP contribution in [0.25, 0.3) is 0 Å². The van der Waals surface area contributed by atoms with Gasteiger partial charge >= 0.3 is 0 Å². The molecule has 0 rings (SSSR count). The monoisotopic (exact) mass is 270 g/mol. The van der Waals surface area contributed by atoms with Crippen LogP contribution >= 0.6 is 0 Å². The first-order chi connectivity index (χ1) is 9.16. The Morgan fingerprint density at radius 2 is 1.47 bits per heavy atom. The highest BCUT2D eigenvalue weighted by Crippen LogP contribution is 2.30. The number of nitrogens with zero attached hydrogens (tertiary/aromatic N) is 1. The average molecular weight is 271 g/mol. The van der Waals surface area contributed by atoms with Crippen molar-refractivity contribution in [2.45, 2.75) is 91.6 Å². The van der Waals surface area contributed by atoms with Crippen molar-refractivity contribution in [2.75, 3.05) is 19.6 Å².